The molecule has 1 aromatic heterocycles. The van der Waals surface area contributed by atoms with E-state index < -0.39 is 5.25 Å². The summed E-state index contributed by atoms with van der Waals surface area (Å²) in [7, 11) is 0. The summed E-state index contributed by atoms with van der Waals surface area (Å²) in [6.45, 7) is 6.02. The molecule has 2 heterocycles. The lowest BCUT2D eigenvalue weighted by atomic mass is 10.2. The third kappa shape index (κ3) is 4.39. The van der Waals surface area contributed by atoms with Gasteiger partial charge in [-0.3, -0.25) is 14.5 Å². The smallest absolute Gasteiger partial charge is 0.242 e. The zero-order valence-electron chi connectivity index (χ0n) is 14.2. The first-order valence-electron chi connectivity index (χ1n) is 8.00. The Morgan fingerprint density at radius 3 is 2.85 bits per heavy atom. The molecule has 1 saturated heterocycles. The number of benzene rings is 1. The average molecular weight is 387 g/mol. The van der Waals surface area contributed by atoms with Crippen LogP contribution in [-0.4, -0.2) is 38.7 Å². The number of thioether (sulfide) groups is 1. The number of hydrogen-bond donors (Lipinski definition) is 1. The first-order chi connectivity index (χ1) is 12.6. The van der Waals surface area contributed by atoms with Crippen molar-refractivity contribution in [3.63, 3.8) is 0 Å². The Morgan fingerprint density at radius 2 is 2.19 bits per heavy atom. The van der Waals surface area contributed by atoms with Gasteiger partial charge in [-0.05, 0) is 19.1 Å². The van der Waals surface area contributed by atoms with E-state index in [-0.39, 0.29) is 18.2 Å². The zero-order valence-corrected chi connectivity index (χ0v) is 15.8. The summed E-state index contributed by atoms with van der Waals surface area (Å²) >= 11 is 2.68. The number of hydrogen-bond acceptors (Lipinski definition) is 6. The van der Waals surface area contributed by atoms with Gasteiger partial charge in [0.05, 0.1) is 0 Å². The maximum atomic E-state index is 12.6. The SMILES string of the molecule is C=CCN1C(=O)C(CC(=O)Nc2ccc(C)cc2)SC1=Nc1nccs1. The second-order valence-electron chi connectivity index (χ2n) is 5.67. The number of carbonyl (C=O) groups excluding carboxylic acids is 2. The first-order valence-corrected chi connectivity index (χ1v) is 9.76. The summed E-state index contributed by atoms with van der Waals surface area (Å²) in [4.78, 5) is 35.1. The van der Waals surface area contributed by atoms with Gasteiger partial charge < -0.3 is 5.32 Å². The van der Waals surface area contributed by atoms with Crippen LogP contribution in [0.2, 0.25) is 0 Å². The molecule has 0 bridgehead atoms. The third-order valence-electron chi connectivity index (χ3n) is 3.65. The monoisotopic (exact) mass is 386 g/mol. The Balaban J connectivity index is 1.69. The number of amides is 2. The van der Waals surface area contributed by atoms with Crippen LogP contribution in [0, 0.1) is 6.92 Å². The van der Waals surface area contributed by atoms with E-state index in [0.29, 0.717) is 16.8 Å². The lowest BCUT2D eigenvalue weighted by molar-refractivity contribution is -0.127. The van der Waals surface area contributed by atoms with Crippen LogP contribution >= 0.6 is 23.1 Å². The van der Waals surface area contributed by atoms with Crippen LogP contribution < -0.4 is 5.32 Å². The standard InChI is InChI=1S/C18H18N4O2S2/c1-3-9-22-16(24)14(26-18(22)21-17-19-8-10-25-17)11-15(23)20-13-6-4-12(2)5-7-13/h3-8,10,14H,1,9,11H2,2H3,(H,20,23). The van der Waals surface area contributed by atoms with Crippen molar-refractivity contribution in [2.45, 2.75) is 18.6 Å². The summed E-state index contributed by atoms with van der Waals surface area (Å²) in [6.07, 6.45) is 3.39. The molecule has 0 saturated carbocycles. The molecule has 8 heteroatoms. The van der Waals surface area contributed by atoms with Gasteiger partial charge >= 0.3 is 0 Å². The molecule has 6 nitrogen and oxygen atoms in total. The molecule has 2 amide bonds. The number of nitrogens with one attached hydrogen (secondary N) is 1. The van der Waals surface area contributed by atoms with E-state index in [4.69, 9.17) is 0 Å². The van der Waals surface area contributed by atoms with E-state index in [2.05, 4.69) is 21.9 Å². The predicted molar refractivity (Wildman–Crippen MR) is 107 cm³/mol. The number of anilines is 1. The average Bonchev–Trinajstić information content (AvgIpc) is 3.22. The largest absolute Gasteiger partial charge is 0.326 e. The fraction of sp³-hybridized carbons (Fsp3) is 0.222. The van der Waals surface area contributed by atoms with Crippen molar-refractivity contribution in [3.05, 3.63) is 54.1 Å². The van der Waals surface area contributed by atoms with Crippen molar-refractivity contribution < 1.29 is 9.59 Å². The topological polar surface area (TPSA) is 74.7 Å². The molecule has 26 heavy (non-hydrogen) atoms. The first kappa shape index (κ1) is 18.3. The molecular weight excluding hydrogens is 368 g/mol. The molecule has 1 aliphatic rings. The van der Waals surface area contributed by atoms with Crippen molar-refractivity contribution >= 4 is 50.9 Å². The van der Waals surface area contributed by atoms with Crippen molar-refractivity contribution in [2.75, 3.05) is 11.9 Å². The highest BCUT2D eigenvalue weighted by molar-refractivity contribution is 8.15. The van der Waals surface area contributed by atoms with Gasteiger partial charge in [0, 0.05) is 30.2 Å². The minimum absolute atomic E-state index is 0.0852. The Morgan fingerprint density at radius 1 is 1.42 bits per heavy atom. The van der Waals surface area contributed by atoms with E-state index >= 15 is 0 Å². The number of aromatic nitrogens is 1. The number of aliphatic imine (C=N–C) groups is 1. The van der Waals surface area contributed by atoms with Gasteiger partial charge in [0.15, 0.2) is 5.17 Å². The van der Waals surface area contributed by atoms with Crippen molar-refractivity contribution in [2.24, 2.45) is 4.99 Å². The fourth-order valence-electron chi connectivity index (χ4n) is 2.39. The van der Waals surface area contributed by atoms with E-state index in [1.54, 1.807) is 17.2 Å². The Labute approximate surface area is 160 Å². The predicted octanol–water partition coefficient (Wildman–Crippen LogP) is 3.60. The summed E-state index contributed by atoms with van der Waals surface area (Å²) in [5, 5.41) is 5.29. The number of nitrogens with zero attached hydrogens (tertiary/aromatic N) is 3. The van der Waals surface area contributed by atoms with Gasteiger partial charge in [-0.25, -0.2) is 4.98 Å². The van der Waals surface area contributed by atoms with E-state index in [1.807, 2.05) is 36.6 Å². The van der Waals surface area contributed by atoms with E-state index in [0.717, 1.165) is 11.3 Å². The number of aryl methyl sites for hydroxylation is 1. The van der Waals surface area contributed by atoms with Gasteiger partial charge in [-0.1, -0.05) is 35.5 Å². The normalized spacial score (nSPS) is 18.3. The Kier molecular flexibility index (Phi) is 5.85. The lowest BCUT2D eigenvalue weighted by Gasteiger charge is -2.13. The van der Waals surface area contributed by atoms with Crippen LogP contribution in [0.1, 0.15) is 12.0 Å². The number of carbonyl (C=O) groups is 2. The molecule has 0 aliphatic carbocycles. The highest BCUT2D eigenvalue weighted by Crippen LogP contribution is 2.32. The van der Waals surface area contributed by atoms with Gasteiger partial charge in [-0.15, -0.1) is 17.9 Å². The van der Waals surface area contributed by atoms with E-state index in [1.165, 1.54) is 23.1 Å². The van der Waals surface area contributed by atoms with Gasteiger partial charge in [-0.2, -0.15) is 4.99 Å². The zero-order chi connectivity index (χ0) is 18.5. The van der Waals surface area contributed by atoms with Gasteiger partial charge in [0.1, 0.15) is 5.25 Å². The Bertz CT molecular complexity index is 831. The second-order valence-corrected chi connectivity index (χ2v) is 7.71. The fourth-order valence-corrected chi connectivity index (χ4v) is 4.10. The molecule has 1 fully saturated rings. The van der Waals surface area contributed by atoms with Crippen LogP contribution in [-0.2, 0) is 9.59 Å². The number of thiazole rings is 1. The number of amidine groups is 1. The molecule has 0 radical (unpaired) electrons. The molecule has 1 atom stereocenters. The molecule has 1 N–H and O–H groups in total. The maximum Gasteiger partial charge on any atom is 0.242 e. The molecule has 1 aromatic carbocycles. The third-order valence-corrected chi connectivity index (χ3v) is 5.49. The lowest BCUT2D eigenvalue weighted by Crippen LogP contribution is -2.33. The van der Waals surface area contributed by atoms with E-state index in [9.17, 15) is 9.59 Å². The molecule has 3 rings (SSSR count). The van der Waals surface area contributed by atoms with Crippen molar-refractivity contribution in [1.82, 2.24) is 9.88 Å². The molecule has 0 spiro atoms. The highest BCUT2D eigenvalue weighted by Gasteiger charge is 2.38. The van der Waals surface area contributed by atoms with Crippen molar-refractivity contribution in [1.29, 1.82) is 0 Å². The minimum atomic E-state index is -0.501. The molecular formula is C18H18N4O2S2. The highest BCUT2D eigenvalue weighted by atomic mass is 32.2. The second kappa shape index (κ2) is 8.29. The van der Waals surface area contributed by atoms with Crippen LogP contribution in [0.5, 0.6) is 0 Å². The van der Waals surface area contributed by atoms with Crippen LogP contribution in [0.15, 0.2) is 53.5 Å². The Hall–Kier alpha value is -2.45. The quantitative estimate of drug-likeness (QED) is 0.770. The molecule has 2 aromatic rings. The van der Waals surface area contributed by atoms with Crippen LogP contribution in [0.3, 0.4) is 0 Å². The van der Waals surface area contributed by atoms with Crippen LogP contribution in [0.25, 0.3) is 0 Å². The summed E-state index contributed by atoms with van der Waals surface area (Å²) in [5.74, 6) is -0.335. The number of rotatable bonds is 6. The molecule has 134 valence electrons. The van der Waals surface area contributed by atoms with Gasteiger partial charge in [0.25, 0.3) is 0 Å². The molecule has 1 aliphatic heterocycles. The summed E-state index contributed by atoms with van der Waals surface area (Å²) in [5.41, 5.74) is 1.84. The summed E-state index contributed by atoms with van der Waals surface area (Å²) in [6, 6.07) is 7.54. The molecule has 1 unspecified atom stereocenters. The van der Waals surface area contributed by atoms with Crippen LogP contribution in [0.4, 0.5) is 10.8 Å². The van der Waals surface area contributed by atoms with Crippen molar-refractivity contribution in [3.8, 4) is 0 Å². The summed E-state index contributed by atoms with van der Waals surface area (Å²) < 4.78 is 0. The minimum Gasteiger partial charge on any atom is -0.326 e. The van der Waals surface area contributed by atoms with Gasteiger partial charge in [0.2, 0.25) is 16.9 Å². The maximum absolute atomic E-state index is 12.6.